The average molecular weight is 486 g/mol. The van der Waals surface area contributed by atoms with E-state index in [1.807, 2.05) is 94.4 Å². The molecule has 1 atom stereocenters. The van der Waals surface area contributed by atoms with Gasteiger partial charge in [-0.25, -0.2) is 0 Å². The average Bonchev–Trinajstić information content (AvgIpc) is 3.11. The van der Waals surface area contributed by atoms with Gasteiger partial charge in [0.2, 0.25) is 11.8 Å². The highest BCUT2D eigenvalue weighted by molar-refractivity contribution is 6.25. The van der Waals surface area contributed by atoms with E-state index in [0.717, 1.165) is 22.0 Å². The van der Waals surface area contributed by atoms with Crippen molar-refractivity contribution in [1.29, 1.82) is 0 Å². The highest BCUT2D eigenvalue weighted by Gasteiger charge is 2.32. The lowest BCUT2D eigenvalue weighted by Crippen LogP contribution is -2.53. The Kier molecular flexibility index (Phi) is 7.43. The van der Waals surface area contributed by atoms with E-state index in [9.17, 15) is 14.4 Å². The van der Waals surface area contributed by atoms with Crippen molar-refractivity contribution < 1.29 is 14.4 Å². The molecule has 1 heterocycles. The number of carbonyl (C=O) groups is 3. The van der Waals surface area contributed by atoms with Gasteiger partial charge in [-0.2, -0.15) is 0 Å². The van der Waals surface area contributed by atoms with Crippen molar-refractivity contribution in [2.45, 2.75) is 65.1 Å². The van der Waals surface area contributed by atoms with Crippen LogP contribution >= 0.6 is 0 Å². The van der Waals surface area contributed by atoms with E-state index in [-0.39, 0.29) is 24.1 Å². The van der Waals surface area contributed by atoms with E-state index >= 15 is 0 Å². The number of nitrogens with one attached hydrogen (secondary N) is 1. The Balaban J connectivity index is 1.48. The first-order chi connectivity index (χ1) is 17.2. The summed E-state index contributed by atoms with van der Waals surface area (Å²) in [6, 6.07) is 20.9. The van der Waals surface area contributed by atoms with Gasteiger partial charge in [0.1, 0.15) is 6.04 Å². The van der Waals surface area contributed by atoms with Crippen LogP contribution in [0, 0.1) is 0 Å². The zero-order chi connectivity index (χ0) is 25.9. The van der Waals surface area contributed by atoms with Crippen LogP contribution in [0.25, 0.3) is 10.8 Å². The molecule has 0 aliphatic carbocycles. The number of hydrogen-bond acceptors (Lipinski definition) is 3. The van der Waals surface area contributed by atoms with E-state index < -0.39 is 11.6 Å². The van der Waals surface area contributed by atoms with Crippen LogP contribution in [0.2, 0.25) is 0 Å². The molecule has 0 radical (unpaired) electrons. The highest BCUT2D eigenvalue weighted by atomic mass is 16.2. The van der Waals surface area contributed by atoms with Crippen molar-refractivity contribution in [3.63, 3.8) is 0 Å². The van der Waals surface area contributed by atoms with E-state index in [2.05, 4.69) is 5.32 Å². The number of rotatable bonds is 9. The minimum atomic E-state index is -0.566. The van der Waals surface area contributed by atoms with Crippen LogP contribution in [-0.2, 0) is 16.1 Å². The van der Waals surface area contributed by atoms with Gasteiger partial charge in [0.25, 0.3) is 5.91 Å². The summed E-state index contributed by atoms with van der Waals surface area (Å²) in [6.07, 6.45) is 1.28. The Morgan fingerprint density at radius 3 is 2.33 bits per heavy atom. The summed E-state index contributed by atoms with van der Waals surface area (Å²) >= 11 is 0. The topological polar surface area (TPSA) is 69.7 Å². The second-order valence-electron chi connectivity index (χ2n) is 10.4. The van der Waals surface area contributed by atoms with Gasteiger partial charge in [0, 0.05) is 36.0 Å². The molecule has 3 aromatic rings. The summed E-state index contributed by atoms with van der Waals surface area (Å²) < 4.78 is 0. The molecule has 0 saturated carbocycles. The van der Waals surface area contributed by atoms with E-state index in [1.54, 1.807) is 9.80 Å². The fourth-order valence-corrected chi connectivity index (χ4v) is 4.89. The third-order valence-electron chi connectivity index (χ3n) is 6.50. The maximum atomic E-state index is 13.5. The second kappa shape index (κ2) is 10.5. The second-order valence-corrected chi connectivity index (χ2v) is 10.4. The van der Waals surface area contributed by atoms with Crippen molar-refractivity contribution in [1.82, 2.24) is 10.2 Å². The van der Waals surface area contributed by atoms with Crippen molar-refractivity contribution in [3.8, 4) is 0 Å². The van der Waals surface area contributed by atoms with Crippen molar-refractivity contribution in [3.05, 3.63) is 77.9 Å². The summed E-state index contributed by atoms with van der Waals surface area (Å²) in [5, 5.41) is 5.06. The molecule has 0 spiro atoms. The Hall–Kier alpha value is -3.67. The molecule has 0 aromatic heterocycles. The zero-order valence-electron chi connectivity index (χ0n) is 21.6. The van der Waals surface area contributed by atoms with Crippen LogP contribution in [-0.4, -0.2) is 40.7 Å². The summed E-state index contributed by atoms with van der Waals surface area (Å²) in [7, 11) is 0. The fraction of sp³-hybridized carbons (Fsp3) is 0.367. The summed E-state index contributed by atoms with van der Waals surface area (Å²) in [4.78, 5) is 43.2. The lowest BCUT2D eigenvalue weighted by atomic mass is 10.0. The van der Waals surface area contributed by atoms with Gasteiger partial charge < -0.3 is 15.1 Å². The van der Waals surface area contributed by atoms with Crippen molar-refractivity contribution in [2.75, 3.05) is 11.4 Å². The Morgan fingerprint density at radius 2 is 1.67 bits per heavy atom. The molecule has 0 bridgehead atoms. The first kappa shape index (κ1) is 25.4. The van der Waals surface area contributed by atoms with Crippen LogP contribution in [0.15, 0.2) is 66.7 Å². The maximum Gasteiger partial charge on any atom is 0.258 e. The normalized spacial score (nSPS) is 13.7. The molecule has 36 heavy (non-hydrogen) atoms. The number of hydrogen-bond donors (Lipinski definition) is 1. The third-order valence-corrected chi connectivity index (χ3v) is 6.50. The largest absolute Gasteiger partial charge is 0.350 e. The third kappa shape index (κ3) is 5.43. The fourth-order valence-electron chi connectivity index (χ4n) is 4.89. The first-order valence-corrected chi connectivity index (χ1v) is 12.7. The van der Waals surface area contributed by atoms with Crippen LogP contribution < -0.4 is 10.2 Å². The predicted octanol–water partition coefficient (Wildman–Crippen LogP) is 5.30. The number of anilines is 1. The van der Waals surface area contributed by atoms with Crippen molar-refractivity contribution in [2.24, 2.45) is 0 Å². The number of nitrogens with zero attached hydrogens (tertiary/aromatic N) is 2. The minimum absolute atomic E-state index is 0.0219. The molecule has 3 aromatic carbocycles. The number of amides is 3. The molecule has 0 fully saturated rings. The quantitative estimate of drug-likeness (QED) is 0.447. The van der Waals surface area contributed by atoms with Crippen LogP contribution in [0.4, 0.5) is 5.69 Å². The van der Waals surface area contributed by atoms with Gasteiger partial charge in [0.05, 0.1) is 5.69 Å². The molecule has 6 heteroatoms. The predicted molar refractivity (Wildman–Crippen MR) is 144 cm³/mol. The van der Waals surface area contributed by atoms with E-state index in [1.165, 1.54) is 0 Å². The maximum absolute atomic E-state index is 13.5. The molecule has 1 aliphatic heterocycles. The Morgan fingerprint density at radius 1 is 0.972 bits per heavy atom. The summed E-state index contributed by atoms with van der Waals surface area (Å²) in [5.74, 6) is -0.255. The van der Waals surface area contributed by atoms with E-state index in [4.69, 9.17) is 0 Å². The molecule has 6 nitrogen and oxygen atoms in total. The van der Waals surface area contributed by atoms with Gasteiger partial charge in [-0.05, 0) is 56.7 Å². The lowest BCUT2D eigenvalue weighted by molar-refractivity contribution is -0.142. The highest BCUT2D eigenvalue weighted by Crippen LogP contribution is 2.37. The smallest absolute Gasteiger partial charge is 0.258 e. The van der Waals surface area contributed by atoms with Gasteiger partial charge in [-0.15, -0.1) is 0 Å². The van der Waals surface area contributed by atoms with Crippen LogP contribution in [0.5, 0.6) is 0 Å². The molecule has 0 unspecified atom stereocenters. The first-order valence-electron chi connectivity index (χ1n) is 12.7. The van der Waals surface area contributed by atoms with Crippen molar-refractivity contribution >= 4 is 34.2 Å². The van der Waals surface area contributed by atoms with Crippen LogP contribution in [0.3, 0.4) is 0 Å². The lowest BCUT2D eigenvalue weighted by Gasteiger charge is -2.33. The van der Waals surface area contributed by atoms with Gasteiger partial charge >= 0.3 is 0 Å². The molecule has 3 amide bonds. The van der Waals surface area contributed by atoms with Gasteiger partial charge in [-0.3, -0.25) is 14.4 Å². The Labute approximate surface area is 213 Å². The van der Waals surface area contributed by atoms with E-state index in [0.29, 0.717) is 31.5 Å². The van der Waals surface area contributed by atoms with Gasteiger partial charge in [0.15, 0.2) is 0 Å². The summed E-state index contributed by atoms with van der Waals surface area (Å²) in [6.45, 7) is 8.55. The molecular weight excluding hydrogens is 450 g/mol. The molecule has 4 rings (SSSR count). The SMILES string of the molecule is CC[C@@H](C(=O)NC(C)(C)C)N(Cc1ccccc1)C(=O)CCCN1C(=O)c2cccc3cccc1c23. The molecule has 0 saturated heterocycles. The zero-order valence-corrected chi connectivity index (χ0v) is 21.6. The van der Waals surface area contributed by atoms with Crippen LogP contribution in [0.1, 0.15) is 62.9 Å². The molecule has 1 aliphatic rings. The minimum Gasteiger partial charge on any atom is -0.350 e. The Bertz CT molecular complexity index is 1260. The molecule has 1 N–H and O–H groups in total. The summed E-state index contributed by atoms with van der Waals surface area (Å²) in [5.41, 5.74) is 2.20. The standard InChI is InChI=1S/C30H35N3O3/c1-5-24(28(35)31-30(2,3)4)33(20-21-12-7-6-8-13-21)26(34)18-11-19-32-25-17-10-15-22-14-9-16-23(27(22)25)29(32)36/h6-10,12-17,24H,5,11,18-20H2,1-4H3,(H,31,35)/t24-/m0/s1. The molecule has 188 valence electrons. The number of benzene rings is 3. The number of carbonyl (C=O) groups excluding carboxylic acids is 3. The van der Waals surface area contributed by atoms with Gasteiger partial charge in [-0.1, -0.05) is 61.5 Å². The monoisotopic (exact) mass is 485 g/mol. The molecular formula is C30H35N3O3.